The van der Waals surface area contributed by atoms with E-state index in [1.165, 1.54) is 7.11 Å². The van der Waals surface area contributed by atoms with Crippen LogP contribution in [0, 0.1) is 13.8 Å². The lowest BCUT2D eigenvalue weighted by Gasteiger charge is -2.11. The molecule has 0 bridgehead atoms. The molecule has 0 radical (unpaired) electrons. The Labute approximate surface area is 83.6 Å². The number of hydrogen-bond acceptors (Lipinski definition) is 3. The van der Waals surface area contributed by atoms with Gasteiger partial charge in [0.25, 0.3) is 0 Å². The van der Waals surface area contributed by atoms with Gasteiger partial charge in [-0.05, 0) is 25.5 Å². The second-order valence-electron chi connectivity index (χ2n) is 3.08. The first-order chi connectivity index (χ1) is 6.61. The van der Waals surface area contributed by atoms with Crippen LogP contribution in [0.1, 0.15) is 21.5 Å². The normalized spacial score (nSPS) is 9.71. The van der Waals surface area contributed by atoms with Gasteiger partial charge in [-0.25, -0.2) is 4.79 Å². The summed E-state index contributed by atoms with van der Waals surface area (Å²) in [6, 6.07) is 3.59. The van der Waals surface area contributed by atoms with Crippen LogP contribution in [0.3, 0.4) is 0 Å². The molecule has 0 amide bonds. The van der Waals surface area contributed by atoms with E-state index in [4.69, 9.17) is 4.74 Å². The summed E-state index contributed by atoms with van der Waals surface area (Å²) in [4.78, 5) is 11.3. The minimum Gasteiger partial charge on any atom is -0.496 e. The Morgan fingerprint density at radius 3 is 2.36 bits per heavy atom. The van der Waals surface area contributed by atoms with E-state index in [1.807, 2.05) is 19.9 Å². The average Bonchev–Trinajstić information content (AvgIpc) is 2.18. The molecule has 0 unspecified atom stereocenters. The highest BCUT2D eigenvalue weighted by molar-refractivity contribution is 5.91. The molecule has 0 spiro atoms. The number of aryl methyl sites for hydroxylation is 1. The van der Waals surface area contributed by atoms with Gasteiger partial charge in [0.15, 0.2) is 0 Å². The van der Waals surface area contributed by atoms with Crippen molar-refractivity contribution >= 4 is 5.97 Å². The number of ether oxygens (including phenoxy) is 2. The van der Waals surface area contributed by atoms with Crippen molar-refractivity contribution in [3.63, 3.8) is 0 Å². The third-order valence-corrected chi connectivity index (χ3v) is 2.21. The Balaban J connectivity index is 3.28. The van der Waals surface area contributed by atoms with Gasteiger partial charge in [-0.15, -0.1) is 0 Å². The lowest BCUT2D eigenvalue weighted by Crippen LogP contribution is -2.05. The van der Waals surface area contributed by atoms with Crippen LogP contribution in [0.15, 0.2) is 12.1 Å². The fourth-order valence-electron chi connectivity index (χ4n) is 1.47. The summed E-state index contributed by atoms with van der Waals surface area (Å²) >= 11 is 0. The molecule has 14 heavy (non-hydrogen) atoms. The third-order valence-electron chi connectivity index (χ3n) is 2.21. The minimum atomic E-state index is -0.333. The maximum absolute atomic E-state index is 11.3. The van der Waals surface area contributed by atoms with Crippen LogP contribution in [0.5, 0.6) is 5.75 Å². The van der Waals surface area contributed by atoms with E-state index in [-0.39, 0.29) is 5.97 Å². The van der Waals surface area contributed by atoms with E-state index in [9.17, 15) is 4.79 Å². The highest BCUT2D eigenvalue weighted by Gasteiger charge is 2.13. The molecule has 0 aliphatic heterocycles. The summed E-state index contributed by atoms with van der Waals surface area (Å²) < 4.78 is 9.87. The summed E-state index contributed by atoms with van der Waals surface area (Å²) in [6.45, 7) is 3.78. The highest BCUT2D eigenvalue weighted by Crippen LogP contribution is 2.25. The minimum absolute atomic E-state index is 0.333. The van der Waals surface area contributed by atoms with Crippen LogP contribution in [0.25, 0.3) is 0 Å². The van der Waals surface area contributed by atoms with E-state index in [0.29, 0.717) is 5.56 Å². The molecule has 0 atom stereocenters. The van der Waals surface area contributed by atoms with Gasteiger partial charge in [0, 0.05) is 5.56 Å². The first-order valence-electron chi connectivity index (χ1n) is 4.34. The van der Waals surface area contributed by atoms with Crippen LogP contribution in [-0.2, 0) is 4.74 Å². The number of hydrogen-bond donors (Lipinski definition) is 0. The number of rotatable bonds is 2. The second-order valence-corrected chi connectivity index (χ2v) is 3.08. The molecule has 0 fully saturated rings. The van der Waals surface area contributed by atoms with Gasteiger partial charge in [0.1, 0.15) is 5.75 Å². The molecular formula is C11H14O3. The number of methoxy groups -OCH3 is 2. The van der Waals surface area contributed by atoms with Gasteiger partial charge in [0.05, 0.1) is 19.8 Å². The Kier molecular flexibility index (Phi) is 3.12. The molecule has 0 aromatic heterocycles. The lowest BCUT2D eigenvalue weighted by molar-refractivity contribution is 0.0599. The van der Waals surface area contributed by atoms with Crippen LogP contribution in [0.4, 0.5) is 0 Å². The van der Waals surface area contributed by atoms with Crippen molar-refractivity contribution < 1.29 is 14.3 Å². The SMILES string of the molecule is COC(=O)c1ccc(C)c(OC)c1C. The first kappa shape index (κ1) is 10.6. The van der Waals surface area contributed by atoms with E-state index < -0.39 is 0 Å². The van der Waals surface area contributed by atoms with Crippen molar-refractivity contribution in [2.24, 2.45) is 0 Å². The summed E-state index contributed by atoms with van der Waals surface area (Å²) in [6.07, 6.45) is 0. The van der Waals surface area contributed by atoms with Gasteiger partial charge >= 0.3 is 5.97 Å². The summed E-state index contributed by atoms with van der Waals surface area (Å²) in [5, 5.41) is 0. The van der Waals surface area contributed by atoms with Gasteiger partial charge in [-0.2, -0.15) is 0 Å². The fraction of sp³-hybridized carbons (Fsp3) is 0.364. The molecule has 0 aliphatic rings. The molecule has 3 heteroatoms. The van der Waals surface area contributed by atoms with E-state index in [0.717, 1.165) is 16.9 Å². The molecule has 0 saturated carbocycles. The topological polar surface area (TPSA) is 35.5 Å². The highest BCUT2D eigenvalue weighted by atomic mass is 16.5. The van der Waals surface area contributed by atoms with Crippen molar-refractivity contribution in [1.29, 1.82) is 0 Å². The molecule has 3 nitrogen and oxygen atoms in total. The van der Waals surface area contributed by atoms with Crippen LogP contribution in [-0.4, -0.2) is 20.2 Å². The molecule has 76 valence electrons. The molecule has 1 rings (SSSR count). The summed E-state index contributed by atoms with van der Waals surface area (Å²) in [7, 11) is 2.96. The fourth-order valence-corrected chi connectivity index (χ4v) is 1.47. The van der Waals surface area contributed by atoms with Crippen molar-refractivity contribution in [2.45, 2.75) is 13.8 Å². The quantitative estimate of drug-likeness (QED) is 0.676. The van der Waals surface area contributed by atoms with E-state index in [1.54, 1.807) is 13.2 Å². The lowest BCUT2D eigenvalue weighted by atomic mass is 10.0. The third kappa shape index (κ3) is 1.71. The molecule has 0 aliphatic carbocycles. The summed E-state index contributed by atoms with van der Waals surface area (Å²) in [5.41, 5.74) is 2.38. The monoisotopic (exact) mass is 194 g/mol. The average molecular weight is 194 g/mol. The Bertz CT molecular complexity index is 356. The molecular weight excluding hydrogens is 180 g/mol. The van der Waals surface area contributed by atoms with Crippen molar-refractivity contribution in [3.8, 4) is 5.75 Å². The second kappa shape index (κ2) is 4.13. The Hall–Kier alpha value is -1.51. The first-order valence-corrected chi connectivity index (χ1v) is 4.34. The summed E-state index contributed by atoms with van der Waals surface area (Å²) in [5.74, 6) is 0.411. The Morgan fingerprint density at radius 2 is 1.86 bits per heavy atom. The Morgan fingerprint density at radius 1 is 1.21 bits per heavy atom. The predicted molar refractivity (Wildman–Crippen MR) is 53.8 cm³/mol. The van der Waals surface area contributed by atoms with Crippen molar-refractivity contribution in [1.82, 2.24) is 0 Å². The maximum atomic E-state index is 11.3. The number of carbonyl (C=O) groups is 1. The molecule has 0 heterocycles. The number of carbonyl (C=O) groups excluding carboxylic acids is 1. The molecule has 0 saturated heterocycles. The standard InChI is InChI=1S/C11H14O3/c1-7-5-6-9(11(12)14-4)8(2)10(7)13-3/h5-6H,1-4H3. The van der Waals surface area contributed by atoms with Crippen LogP contribution in [0.2, 0.25) is 0 Å². The van der Waals surface area contributed by atoms with E-state index >= 15 is 0 Å². The van der Waals surface area contributed by atoms with Crippen LogP contribution >= 0.6 is 0 Å². The zero-order valence-electron chi connectivity index (χ0n) is 8.88. The number of esters is 1. The van der Waals surface area contributed by atoms with Gasteiger partial charge in [0.2, 0.25) is 0 Å². The number of benzene rings is 1. The maximum Gasteiger partial charge on any atom is 0.338 e. The van der Waals surface area contributed by atoms with Gasteiger partial charge < -0.3 is 9.47 Å². The van der Waals surface area contributed by atoms with Gasteiger partial charge in [-0.1, -0.05) is 6.07 Å². The zero-order valence-corrected chi connectivity index (χ0v) is 8.88. The van der Waals surface area contributed by atoms with Crippen LogP contribution < -0.4 is 4.74 Å². The van der Waals surface area contributed by atoms with Crippen molar-refractivity contribution in [3.05, 3.63) is 28.8 Å². The van der Waals surface area contributed by atoms with E-state index in [2.05, 4.69) is 4.74 Å². The van der Waals surface area contributed by atoms with Gasteiger partial charge in [-0.3, -0.25) is 0 Å². The largest absolute Gasteiger partial charge is 0.496 e. The molecule has 1 aromatic rings. The molecule has 0 N–H and O–H groups in total. The smallest absolute Gasteiger partial charge is 0.338 e. The molecule has 1 aromatic carbocycles. The zero-order chi connectivity index (χ0) is 10.7. The van der Waals surface area contributed by atoms with Crippen molar-refractivity contribution in [2.75, 3.05) is 14.2 Å². The predicted octanol–water partition coefficient (Wildman–Crippen LogP) is 2.10.